The summed E-state index contributed by atoms with van der Waals surface area (Å²) in [4.78, 5) is 1.07. The first kappa shape index (κ1) is 11.5. The molecule has 0 heterocycles. The van der Waals surface area contributed by atoms with E-state index in [4.69, 9.17) is 5.11 Å². The second kappa shape index (κ2) is 4.80. The lowest BCUT2D eigenvalue weighted by atomic mass is 10.0. The second-order valence-corrected chi connectivity index (χ2v) is 4.28. The summed E-state index contributed by atoms with van der Waals surface area (Å²) in [5.41, 5.74) is 1.55. The minimum atomic E-state index is -0.221. The molecule has 0 aliphatic heterocycles. The van der Waals surface area contributed by atoms with E-state index >= 15 is 0 Å². The van der Waals surface area contributed by atoms with Crippen LogP contribution in [0.3, 0.4) is 0 Å². The number of rotatable bonds is 3. The van der Waals surface area contributed by atoms with Gasteiger partial charge in [0.25, 0.3) is 0 Å². The van der Waals surface area contributed by atoms with Crippen LogP contribution < -0.4 is 0 Å². The zero-order valence-electron chi connectivity index (χ0n) is 8.67. The van der Waals surface area contributed by atoms with Gasteiger partial charge < -0.3 is 5.11 Å². The van der Waals surface area contributed by atoms with Crippen molar-refractivity contribution in [2.75, 3.05) is 12.9 Å². The molecule has 1 atom stereocenters. The summed E-state index contributed by atoms with van der Waals surface area (Å²) in [5, 5.41) is 8.97. The molecule has 0 saturated heterocycles. The van der Waals surface area contributed by atoms with Crippen LogP contribution in [0.5, 0.6) is 0 Å². The number of aliphatic hydroxyl groups is 1. The van der Waals surface area contributed by atoms with Crippen LogP contribution >= 0.6 is 11.8 Å². The molecule has 14 heavy (non-hydrogen) atoms. The number of benzene rings is 1. The van der Waals surface area contributed by atoms with Gasteiger partial charge in [-0.3, -0.25) is 0 Å². The van der Waals surface area contributed by atoms with Crippen molar-refractivity contribution in [1.29, 1.82) is 0 Å². The van der Waals surface area contributed by atoms with Crippen LogP contribution in [0.25, 0.3) is 0 Å². The molecule has 1 unspecified atom stereocenters. The number of hydrogen-bond acceptors (Lipinski definition) is 2. The van der Waals surface area contributed by atoms with Crippen molar-refractivity contribution in [1.82, 2.24) is 0 Å². The van der Waals surface area contributed by atoms with E-state index in [0.717, 1.165) is 10.5 Å². The van der Waals surface area contributed by atoms with Crippen molar-refractivity contribution in [3.8, 4) is 0 Å². The molecular weight excluding hydrogens is 199 g/mol. The van der Waals surface area contributed by atoms with Crippen LogP contribution in [0, 0.1) is 12.7 Å². The first-order valence-electron chi connectivity index (χ1n) is 4.55. The Morgan fingerprint density at radius 2 is 2.14 bits per heavy atom. The van der Waals surface area contributed by atoms with Gasteiger partial charge in [0.15, 0.2) is 0 Å². The highest BCUT2D eigenvalue weighted by atomic mass is 32.2. The summed E-state index contributed by atoms with van der Waals surface area (Å²) >= 11 is 1.60. The summed E-state index contributed by atoms with van der Waals surface area (Å²) < 4.78 is 13.5. The van der Waals surface area contributed by atoms with Gasteiger partial charge in [0.05, 0.1) is 0 Å². The molecule has 0 aliphatic carbocycles. The summed E-state index contributed by atoms with van der Waals surface area (Å²) in [7, 11) is 0. The monoisotopic (exact) mass is 214 g/mol. The molecule has 3 heteroatoms. The quantitative estimate of drug-likeness (QED) is 0.781. The van der Waals surface area contributed by atoms with Crippen molar-refractivity contribution < 1.29 is 9.50 Å². The van der Waals surface area contributed by atoms with E-state index in [1.54, 1.807) is 11.8 Å². The van der Waals surface area contributed by atoms with Crippen LogP contribution in [0.2, 0.25) is 0 Å². The lowest BCUT2D eigenvalue weighted by Crippen LogP contribution is -2.03. The van der Waals surface area contributed by atoms with E-state index in [0.29, 0.717) is 5.56 Å². The van der Waals surface area contributed by atoms with Crippen molar-refractivity contribution >= 4 is 11.8 Å². The SMILES string of the molecule is CSc1cc(C(C)CO)c(F)cc1C. The van der Waals surface area contributed by atoms with Crippen molar-refractivity contribution in [3.63, 3.8) is 0 Å². The minimum absolute atomic E-state index is 0.0200. The second-order valence-electron chi connectivity index (χ2n) is 3.43. The number of hydrogen-bond donors (Lipinski definition) is 1. The maximum Gasteiger partial charge on any atom is 0.127 e. The van der Waals surface area contributed by atoms with Crippen LogP contribution in [0.15, 0.2) is 17.0 Å². The molecule has 0 saturated carbocycles. The smallest absolute Gasteiger partial charge is 0.127 e. The number of aliphatic hydroxyl groups excluding tert-OH is 1. The number of halogens is 1. The lowest BCUT2D eigenvalue weighted by Gasteiger charge is -2.12. The maximum atomic E-state index is 13.5. The molecule has 0 fully saturated rings. The molecular formula is C11H15FOS. The molecule has 0 aromatic heterocycles. The largest absolute Gasteiger partial charge is 0.396 e. The fraction of sp³-hybridized carbons (Fsp3) is 0.455. The van der Waals surface area contributed by atoms with Crippen molar-refractivity contribution in [3.05, 3.63) is 29.1 Å². The Labute approximate surface area is 88.3 Å². The van der Waals surface area contributed by atoms with E-state index in [9.17, 15) is 4.39 Å². The Morgan fingerprint density at radius 3 is 2.64 bits per heavy atom. The van der Waals surface area contributed by atoms with Gasteiger partial charge in [0.2, 0.25) is 0 Å². The molecule has 0 aliphatic rings. The average molecular weight is 214 g/mol. The average Bonchev–Trinajstić information content (AvgIpc) is 2.17. The normalized spacial score (nSPS) is 12.9. The summed E-state index contributed by atoms with van der Waals surface area (Å²) in [6, 6.07) is 3.36. The highest BCUT2D eigenvalue weighted by Crippen LogP contribution is 2.27. The summed E-state index contributed by atoms with van der Waals surface area (Å²) in [6.07, 6.45) is 1.97. The zero-order chi connectivity index (χ0) is 10.7. The van der Waals surface area contributed by atoms with Gasteiger partial charge in [-0.05, 0) is 36.4 Å². The first-order chi connectivity index (χ1) is 6.60. The molecule has 1 aromatic rings. The van der Waals surface area contributed by atoms with E-state index in [2.05, 4.69) is 0 Å². The lowest BCUT2D eigenvalue weighted by molar-refractivity contribution is 0.270. The topological polar surface area (TPSA) is 20.2 Å². The molecule has 1 aromatic carbocycles. The molecule has 0 spiro atoms. The van der Waals surface area contributed by atoms with Gasteiger partial charge in [0, 0.05) is 17.4 Å². The Kier molecular flexibility index (Phi) is 3.96. The highest BCUT2D eigenvalue weighted by molar-refractivity contribution is 7.98. The minimum Gasteiger partial charge on any atom is -0.396 e. The molecule has 1 rings (SSSR count). The third kappa shape index (κ3) is 2.28. The maximum absolute atomic E-state index is 13.5. The Bertz CT molecular complexity index is 325. The Balaban J connectivity index is 3.17. The zero-order valence-corrected chi connectivity index (χ0v) is 9.49. The summed E-state index contributed by atoms with van der Waals surface area (Å²) in [5.74, 6) is -0.358. The molecule has 78 valence electrons. The van der Waals surface area contributed by atoms with Gasteiger partial charge in [-0.25, -0.2) is 4.39 Å². The predicted molar refractivity (Wildman–Crippen MR) is 58.4 cm³/mol. The van der Waals surface area contributed by atoms with E-state index in [1.807, 2.05) is 26.2 Å². The van der Waals surface area contributed by atoms with Crippen LogP contribution in [0.4, 0.5) is 4.39 Å². The van der Waals surface area contributed by atoms with Gasteiger partial charge in [-0.2, -0.15) is 0 Å². The standard InChI is InChI=1S/C11H15FOS/c1-7-4-10(12)9(8(2)6-13)5-11(7)14-3/h4-5,8,13H,6H2,1-3H3. The molecule has 0 radical (unpaired) electrons. The van der Waals surface area contributed by atoms with Crippen LogP contribution in [-0.4, -0.2) is 18.0 Å². The molecule has 1 N–H and O–H groups in total. The first-order valence-corrected chi connectivity index (χ1v) is 5.77. The Hall–Kier alpha value is -0.540. The van der Waals surface area contributed by atoms with E-state index in [1.165, 1.54) is 6.07 Å². The number of thioether (sulfide) groups is 1. The third-order valence-electron chi connectivity index (χ3n) is 2.32. The highest BCUT2D eigenvalue weighted by Gasteiger charge is 2.12. The molecule has 1 nitrogen and oxygen atoms in total. The van der Waals surface area contributed by atoms with Gasteiger partial charge in [-0.1, -0.05) is 6.92 Å². The number of aryl methyl sites for hydroxylation is 1. The molecule has 0 bridgehead atoms. The van der Waals surface area contributed by atoms with E-state index < -0.39 is 0 Å². The Morgan fingerprint density at radius 1 is 1.50 bits per heavy atom. The fourth-order valence-electron chi connectivity index (χ4n) is 1.36. The molecule has 0 amide bonds. The van der Waals surface area contributed by atoms with Crippen LogP contribution in [0.1, 0.15) is 24.0 Å². The predicted octanol–water partition coefficient (Wildman–Crippen LogP) is 2.95. The van der Waals surface area contributed by atoms with E-state index in [-0.39, 0.29) is 18.3 Å². The van der Waals surface area contributed by atoms with Crippen molar-refractivity contribution in [2.45, 2.75) is 24.7 Å². The van der Waals surface area contributed by atoms with Gasteiger partial charge in [-0.15, -0.1) is 11.8 Å². The van der Waals surface area contributed by atoms with Gasteiger partial charge >= 0.3 is 0 Å². The third-order valence-corrected chi connectivity index (χ3v) is 3.20. The van der Waals surface area contributed by atoms with Gasteiger partial charge in [0.1, 0.15) is 5.82 Å². The summed E-state index contributed by atoms with van der Waals surface area (Å²) in [6.45, 7) is 3.69. The van der Waals surface area contributed by atoms with Crippen LogP contribution in [-0.2, 0) is 0 Å². The fourth-order valence-corrected chi connectivity index (χ4v) is 1.99. The van der Waals surface area contributed by atoms with Crippen molar-refractivity contribution in [2.24, 2.45) is 0 Å².